The van der Waals surface area contributed by atoms with Crippen LogP contribution in [0.15, 0.2) is 36.5 Å². The van der Waals surface area contributed by atoms with Gasteiger partial charge in [-0.15, -0.1) is 0 Å². The van der Waals surface area contributed by atoms with Crippen molar-refractivity contribution >= 4 is 17.3 Å². The Hall–Kier alpha value is -2.44. The van der Waals surface area contributed by atoms with Crippen molar-refractivity contribution in [3.8, 4) is 0 Å². The topological polar surface area (TPSA) is 100 Å². The predicted molar refractivity (Wildman–Crippen MR) is 82.0 cm³/mol. The van der Waals surface area contributed by atoms with Gasteiger partial charge in [-0.1, -0.05) is 12.1 Å². The van der Waals surface area contributed by atoms with Crippen LogP contribution in [0, 0.1) is 6.92 Å². The quantitative estimate of drug-likeness (QED) is 0.492. The van der Waals surface area contributed by atoms with E-state index in [-0.39, 0.29) is 12.5 Å². The third-order valence-electron chi connectivity index (χ3n) is 3.05. The number of nitrogens with one attached hydrogen (secondary N) is 2. The summed E-state index contributed by atoms with van der Waals surface area (Å²) >= 11 is 0. The molecule has 0 unspecified atom stereocenters. The van der Waals surface area contributed by atoms with Gasteiger partial charge in [-0.3, -0.25) is 15.6 Å². The summed E-state index contributed by atoms with van der Waals surface area (Å²) in [7, 11) is 0. The number of hydrazine groups is 1. The van der Waals surface area contributed by atoms with E-state index >= 15 is 0 Å². The highest BCUT2D eigenvalue weighted by Crippen LogP contribution is 2.17. The maximum Gasteiger partial charge on any atom is 0.259 e. The molecule has 6 heteroatoms. The van der Waals surface area contributed by atoms with Crippen molar-refractivity contribution in [2.45, 2.75) is 13.3 Å². The molecule has 0 bridgehead atoms. The Morgan fingerprint density at radius 3 is 2.67 bits per heavy atom. The molecule has 5 N–H and O–H groups in total. The van der Waals surface area contributed by atoms with Crippen LogP contribution in [-0.4, -0.2) is 22.6 Å². The van der Waals surface area contributed by atoms with Crippen LogP contribution >= 0.6 is 0 Å². The third kappa shape index (κ3) is 3.77. The molecule has 0 saturated heterocycles. The summed E-state index contributed by atoms with van der Waals surface area (Å²) in [5.41, 5.74) is 5.86. The van der Waals surface area contributed by atoms with Crippen LogP contribution in [0.3, 0.4) is 0 Å². The van der Waals surface area contributed by atoms with Crippen LogP contribution in [0.4, 0.5) is 11.4 Å². The highest BCUT2D eigenvalue weighted by Gasteiger charge is 2.12. The Kier molecular flexibility index (Phi) is 4.86. The number of anilines is 2. The number of carbonyl (C=O) groups excluding carboxylic acids is 1. The van der Waals surface area contributed by atoms with Crippen molar-refractivity contribution in [2.24, 2.45) is 5.84 Å². The first kappa shape index (κ1) is 15.0. The van der Waals surface area contributed by atoms with E-state index < -0.39 is 0 Å². The van der Waals surface area contributed by atoms with E-state index in [1.165, 1.54) is 6.20 Å². The minimum absolute atomic E-state index is 0.103. The van der Waals surface area contributed by atoms with Gasteiger partial charge in [0.05, 0.1) is 11.3 Å². The molecule has 110 valence electrons. The van der Waals surface area contributed by atoms with Crippen LogP contribution in [0.1, 0.15) is 21.6 Å². The fourth-order valence-corrected chi connectivity index (χ4v) is 1.94. The van der Waals surface area contributed by atoms with Gasteiger partial charge in [-0.25, -0.2) is 0 Å². The van der Waals surface area contributed by atoms with Gasteiger partial charge in [0.15, 0.2) is 0 Å². The lowest BCUT2D eigenvalue weighted by Crippen LogP contribution is -2.18. The van der Waals surface area contributed by atoms with Crippen LogP contribution in [0.25, 0.3) is 0 Å². The molecule has 1 aromatic heterocycles. The maximum atomic E-state index is 12.2. The molecule has 21 heavy (non-hydrogen) atoms. The molecule has 0 aliphatic carbocycles. The van der Waals surface area contributed by atoms with Crippen molar-refractivity contribution in [1.29, 1.82) is 0 Å². The van der Waals surface area contributed by atoms with Crippen LogP contribution < -0.4 is 16.6 Å². The molecule has 0 fully saturated rings. The zero-order valence-corrected chi connectivity index (χ0v) is 11.8. The molecule has 0 saturated carbocycles. The van der Waals surface area contributed by atoms with Gasteiger partial charge in [0, 0.05) is 24.2 Å². The van der Waals surface area contributed by atoms with Crippen molar-refractivity contribution in [2.75, 3.05) is 17.3 Å². The highest BCUT2D eigenvalue weighted by molar-refractivity contribution is 6.07. The average molecular weight is 286 g/mol. The summed E-state index contributed by atoms with van der Waals surface area (Å²) in [6, 6.07) is 9.02. The molecule has 1 heterocycles. The van der Waals surface area contributed by atoms with Gasteiger partial charge >= 0.3 is 0 Å². The second-order valence-corrected chi connectivity index (χ2v) is 4.64. The van der Waals surface area contributed by atoms with Gasteiger partial charge in [-0.2, -0.15) is 0 Å². The molecule has 1 amide bonds. The second-order valence-electron chi connectivity index (χ2n) is 4.64. The zero-order chi connectivity index (χ0) is 15.2. The van der Waals surface area contributed by atoms with Crippen molar-refractivity contribution in [3.05, 3.63) is 53.3 Å². The summed E-state index contributed by atoms with van der Waals surface area (Å²) < 4.78 is 0. The summed E-state index contributed by atoms with van der Waals surface area (Å²) in [4.78, 5) is 16.3. The Morgan fingerprint density at radius 2 is 2.05 bits per heavy atom. The summed E-state index contributed by atoms with van der Waals surface area (Å²) in [6.45, 7) is 1.93. The standard InChI is InChI=1S/C15H18N4O2/c1-10-8-14(19-16)13(9-17-10)15(21)18-12-4-2-11(3-5-12)6-7-20/h2-5,8-9,20H,6-7,16H2,1H3,(H,17,19)(H,18,21). The number of benzene rings is 1. The number of aromatic nitrogens is 1. The number of carbonyl (C=O) groups is 1. The van der Waals surface area contributed by atoms with Gasteiger partial charge < -0.3 is 15.8 Å². The zero-order valence-electron chi connectivity index (χ0n) is 11.8. The van der Waals surface area contributed by atoms with Crippen LogP contribution in [0.5, 0.6) is 0 Å². The number of amides is 1. The lowest BCUT2D eigenvalue weighted by atomic mass is 10.1. The molecule has 0 aliphatic heterocycles. The van der Waals surface area contributed by atoms with Gasteiger partial charge in [0.2, 0.25) is 0 Å². The number of aliphatic hydroxyl groups is 1. The molecule has 1 aromatic carbocycles. The normalized spacial score (nSPS) is 10.2. The van der Waals surface area contributed by atoms with E-state index in [0.29, 0.717) is 23.4 Å². The highest BCUT2D eigenvalue weighted by atomic mass is 16.2. The van der Waals surface area contributed by atoms with Gasteiger partial charge in [-0.05, 0) is 37.1 Å². The van der Waals surface area contributed by atoms with E-state index in [0.717, 1.165) is 11.3 Å². The monoisotopic (exact) mass is 286 g/mol. The van der Waals surface area contributed by atoms with Crippen LogP contribution in [-0.2, 0) is 6.42 Å². The number of rotatable bonds is 5. The van der Waals surface area contributed by atoms with E-state index in [2.05, 4.69) is 15.7 Å². The molecule has 0 spiro atoms. The Bertz CT molecular complexity index is 626. The van der Waals surface area contributed by atoms with Crippen LogP contribution in [0.2, 0.25) is 0 Å². The van der Waals surface area contributed by atoms with E-state index in [1.807, 2.05) is 19.1 Å². The average Bonchev–Trinajstić information content (AvgIpc) is 2.49. The molecule has 2 rings (SSSR count). The predicted octanol–water partition coefficient (Wildman–Crippen LogP) is 1.46. The third-order valence-corrected chi connectivity index (χ3v) is 3.05. The molecular weight excluding hydrogens is 268 g/mol. The number of aryl methyl sites for hydroxylation is 1. The Morgan fingerprint density at radius 1 is 1.33 bits per heavy atom. The van der Waals surface area contributed by atoms with Gasteiger partial charge in [0.25, 0.3) is 5.91 Å². The molecule has 2 aromatic rings. The second kappa shape index (κ2) is 6.83. The van der Waals surface area contributed by atoms with E-state index in [4.69, 9.17) is 10.9 Å². The first-order chi connectivity index (χ1) is 10.1. The lowest BCUT2D eigenvalue weighted by molar-refractivity contribution is 0.102. The smallest absolute Gasteiger partial charge is 0.259 e. The lowest BCUT2D eigenvalue weighted by Gasteiger charge is -2.10. The number of pyridine rings is 1. The maximum absolute atomic E-state index is 12.2. The number of hydrogen-bond donors (Lipinski definition) is 4. The SMILES string of the molecule is Cc1cc(NN)c(C(=O)Nc2ccc(CCO)cc2)cn1. The number of nitrogens with two attached hydrogens (primary N) is 1. The first-order valence-electron chi connectivity index (χ1n) is 6.58. The number of aliphatic hydroxyl groups excluding tert-OH is 1. The Labute approximate surface area is 123 Å². The number of nitrogen functional groups attached to an aromatic ring is 1. The molecular formula is C15H18N4O2. The summed E-state index contributed by atoms with van der Waals surface area (Å²) in [5.74, 6) is 5.14. The fraction of sp³-hybridized carbons (Fsp3) is 0.200. The molecule has 0 atom stereocenters. The van der Waals surface area contributed by atoms with Crippen molar-refractivity contribution in [3.63, 3.8) is 0 Å². The summed E-state index contributed by atoms with van der Waals surface area (Å²) in [5, 5.41) is 11.7. The summed E-state index contributed by atoms with van der Waals surface area (Å²) in [6.07, 6.45) is 2.08. The minimum atomic E-state index is -0.287. The minimum Gasteiger partial charge on any atom is -0.396 e. The van der Waals surface area contributed by atoms with Crippen molar-refractivity contribution in [1.82, 2.24) is 4.98 Å². The first-order valence-corrected chi connectivity index (χ1v) is 6.58. The molecule has 0 radical (unpaired) electrons. The fourth-order valence-electron chi connectivity index (χ4n) is 1.94. The van der Waals surface area contributed by atoms with E-state index in [1.54, 1.807) is 18.2 Å². The molecule has 0 aliphatic rings. The number of nitrogens with zero attached hydrogens (tertiary/aromatic N) is 1. The largest absolute Gasteiger partial charge is 0.396 e. The van der Waals surface area contributed by atoms with Crippen molar-refractivity contribution < 1.29 is 9.90 Å². The Balaban J connectivity index is 2.14. The van der Waals surface area contributed by atoms with E-state index in [9.17, 15) is 4.79 Å². The van der Waals surface area contributed by atoms with Gasteiger partial charge in [0.1, 0.15) is 0 Å². The molecule has 6 nitrogen and oxygen atoms in total. The number of hydrogen-bond acceptors (Lipinski definition) is 5.